The Morgan fingerprint density at radius 3 is 2.62 bits per heavy atom. The van der Waals surface area contributed by atoms with Crippen LogP contribution in [0.5, 0.6) is 0 Å². The van der Waals surface area contributed by atoms with E-state index in [4.69, 9.17) is 10.2 Å². The fraction of sp³-hybridized carbons (Fsp3) is 0.600. The van der Waals surface area contributed by atoms with Crippen LogP contribution in [0.15, 0.2) is 22.8 Å². The van der Waals surface area contributed by atoms with Gasteiger partial charge in [0.1, 0.15) is 11.0 Å². The molecule has 6 heteroatoms. The van der Waals surface area contributed by atoms with Crippen molar-refractivity contribution in [2.45, 2.75) is 36.6 Å². The molecule has 0 aliphatic rings. The van der Waals surface area contributed by atoms with Gasteiger partial charge in [-0.3, -0.25) is 0 Å². The lowest BCUT2D eigenvalue weighted by atomic mass is 10.1. The summed E-state index contributed by atoms with van der Waals surface area (Å²) in [6, 6.07) is 2.43. The SMILES string of the molecule is CCC(N)C(SCc1ccco1)C(F)(F)F. The van der Waals surface area contributed by atoms with Crippen LogP contribution in [0.1, 0.15) is 19.1 Å². The molecule has 0 aliphatic carbocycles. The van der Waals surface area contributed by atoms with Crippen LogP contribution in [-0.4, -0.2) is 17.5 Å². The molecule has 0 fully saturated rings. The minimum absolute atomic E-state index is 0.185. The Kier molecular flexibility index (Phi) is 4.73. The molecule has 1 aromatic heterocycles. The molecule has 0 bridgehead atoms. The first kappa shape index (κ1) is 13.4. The zero-order valence-corrected chi connectivity index (χ0v) is 9.65. The third kappa shape index (κ3) is 3.75. The van der Waals surface area contributed by atoms with Gasteiger partial charge in [0.25, 0.3) is 0 Å². The van der Waals surface area contributed by atoms with E-state index in [0.29, 0.717) is 12.2 Å². The van der Waals surface area contributed by atoms with Crippen molar-refractivity contribution in [3.63, 3.8) is 0 Å². The molecule has 0 aliphatic heterocycles. The summed E-state index contributed by atoms with van der Waals surface area (Å²) in [6.07, 6.45) is -2.53. The molecule has 2 N–H and O–H groups in total. The van der Waals surface area contributed by atoms with Gasteiger partial charge < -0.3 is 10.2 Å². The molecule has 2 nitrogen and oxygen atoms in total. The second-order valence-electron chi connectivity index (χ2n) is 3.42. The summed E-state index contributed by atoms with van der Waals surface area (Å²) < 4.78 is 42.9. The first-order valence-electron chi connectivity index (χ1n) is 4.91. The van der Waals surface area contributed by atoms with Crippen molar-refractivity contribution in [2.24, 2.45) is 5.73 Å². The number of halogens is 3. The average Bonchev–Trinajstić information content (AvgIpc) is 2.68. The predicted octanol–water partition coefficient (Wildman–Crippen LogP) is 3.18. The summed E-state index contributed by atoms with van der Waals surface area (Å²) in [5.41, 5.74) is 5.47. The maximum Gasteiger partial charge on any atom is 0.402 e. The third-order valence-electron chi connectivity index (χ3n) is 2.17. The van der Waals surface area contributed by atoms with E-state index in [9.17, 15) is 13.2 Å². The average molecular weight is 253 g/mol. The first-order valence-corrected chi connectivity index (χ1v) is 5.96. The highest BCUT2D eigenvalue weighted by atomic mass is 32.2. The first-order chi connectivity index (χ1) is 7.45. The second kappa shape index (κ2) is 5.63. The van der Waals surface area contributed by atoms with E-state index in [1.54, 1.807) is 19.1 Å². The number of thioether (sulfide) groups is 1. The molecule has 1 aromatic rings. The standard InChI is InChI=1S/C10H14F3NOS/c1-2-8(14)9(10(11,12)13)16-6-7-4-3-5-15-7/h3-5,8-9H,2,6,14H2,1H3. The zero-order chi connectivity index (χ0) is 12.2. The van der Waals surface area contributed by atoms with Crippen LogP contribution in [0.4, 0.5) is 13.2 Å². The van der Waals surface area contributed by atoms with Gasteiger partial charge in [0.05, 0.1) is 12.0 Å². The van der Waals surface area contributed by atoms with Crippen LogP contribution in [0.2, 0.25) is 0 Å². The van der Waals surface area contributed by atoms with Gasteiger partial charge in [-0.15, -0.1) is 11.8 Å². The molecule has 1 heterocycles. The number of rotatable bonds is 5. The molecule has 0 saturated carbocycles. The lowest BCUT2D eigenvalue weighted by molar-refractivity contribution is -0.132. The van der Waals surface area contributed by atoms with Gasteiger partial charge in [0.2, 0.25) is 0 Å². The number of nitrogens with two attached hydrogens (primary N) is 1. The maximum atomic E-state index is 12.7. The van der Waals surface area contributed by atoms with Crippen molar-refractivity contribution in [1.82, 2.24) is 0 Å². The molecule has 0 saturated heterocycles. The van der Waals surface area contributed by atoms with Gasteiger partial charge in [-0.25, -0.2) is 0 Å². The van der Waals surface area contributed by atoms with E-state index in [1.807, 2.05) is 0 Å². The molecule has 0 aromatic carbocycles. The van der Waals surface area contributed by atoms with E-state index in [2.05, 4.69) is 0 Å². The van der Waals surface area contributed by atoms with Crippen LogP contribution in [0.3, 0.4) is 0 Å². The number of alkyl halides is 3. The third-order valence-corrected chi connectivity index (χ3v) is 3.60. The van der Waals surface area contributed by atoms with Crippen molar-refractivity contribution in [3.8, 4) is 0 Å². The Morgan fingerprint density at radius 2 is 2.19 bits per heavy atom. The molecular weight excluding hydrogens is 239 g/mol. The van der Waals surface area contributed by atoms with Gasteiger partial charge in [-0.05, 0) is 18.6 Å². The summed E-state index contributed by atoms with van der Waals surface area (Å²) in [5, 5.41) is -1.54. The minimum Gasteiger partial charge on any atom is -0.468 e. The monoisotopic (exact) mass is 253 g/mol. The highest BCUT2D eigenvalue weighted by Gasteiger charge is 2.43. The zero-order valence-electron chi connectivity index (χ0n) is 8.83. The number of hydrogen-bond acceptors (Lipinski definition) is 3. The van der Waals surface area contributed by atoms with Crippen LogP contribution in [0, 0.1) is 0 Å². The molecule has 1 rings (SSSR count). The van der Waals surface area contributed by atoms with Crippen molar-refractivity contribution in [3.05, 3.63) is 24.2 Å². The lowest BCUT2D eigenvalue weighted by Gasteiger charge is -2.24. The predicted molar refractivity (Wildman–Crippen MR) is 58.1 cm³/mol. The van der Waals surface area contributed by atoms with E-state index >= 15 is 0 Å². The minimum atomic E-state index is -4.27. The smallest absolute Gasteiger partial charge is 0.402 e. The number of hydrogen-bond donors (Lipinski definition) is 1. The summed E-state index contributed by atoms with van der Waals surface area (Å²) in [4.78, 5) is 0. The molecule has 0 radical (unpaired) electrons. The van der Waals surface area contributed by atoms with E-state index in [-0.39, 0.29) is 5.75 Å². The highest BCUT2D eigenvalue weighted by molar-refractivity contribution is 7.99. The summed E-state index contributed by atoms with van der Waals surface area (Å²) >= 11 is 0.775. The van der Waals surface area contributed by atoms with Gasteiger partial charge in [-0.2, -0.15) is 13.2 Å². The molecule has 0 amide bonds. The Morgan fingerprint density at radius 1 is 1.50 bits per heavy atom. The molecule has 16 heavy (non-hydrogen) atoms. The van der Waals surface area contributed by atoms with Crippen molar-refractivity contribution in [1.29, 1.82) is 0 Å². The van der Waals surface area contributed by atoms with Gasteiger partial charge in [-0.1, -0.05) is 6.92 Å². The van der Waals surface area contributed by atoms with E-state index < -0.39 is 17.5 Å². The van der Waals surface area contributed by atoms with Gasteiger partial charge in [0, 0.05) is 6.04 Å². The normalized spacial score (nSPS) is 16.1. The summed E-state index contributed by atoms with van der Waals surface area (Å²) in [5.74, 6) is 0.716. The highest BCUT2D eigenvalue weighted by Crippen LogP contribution is 2.34. The Labute approximate surface area is 96.4 Å². The second-order valence-corrected chi connectivity index (χ2v) is 4.55. The van der Waals surface area contributed by atoms with Crippen LogP contribution in [0.25, 0.3) is 0 Å². The molecule has 2 unspecified atom stereocenters. The maximum absolute atomic E-state index is 12.7. The van der Waals surface area contributed by atoms with E-state index in [0.717, 1.165) is 11.8 Å². The van der Waals surface area contributed by atoms with E-state index in [1.165, 1.54) is 6.26 Å². The Hall–Kier alpha value is -0.620. The van der Waals surface area contributed by atoms with Gasteiger partial charge >= 0.3 is 6.18 Å². The van der Waals surface area contributed by atoms with Crippen molar-refractivity contribution < 1.29 is 17.6 Å². The molecular formula is C10H14F3NOS. The molecule has 92 valence electrons. The van der Waals surface area contributed by atoms with Gasteiger partial charge in [0.15, 0.2) is 0 Å². The van der Waals surface area contributed by atoms with Crippen molar-refractivity contribution in [2.75, 3.05) is 0 Å². The quantitative estimate of drug-likeness (QED) is 0.876. The topological polar surface area (TPSA) is 39.2 Å². The largest absolute Gasteiger partial charge is 0.468 e. The summed E-state index contributed by atoms with van der Waals surface area (Å²) in [6.45, 7) is 1.65. The Balaban J connectivity index is 2.57. The molecule has 2 atom stereocenters. The van der Waals surface area contributed by atoms with Crippen LogP contribution >= 0.6 is 11.8 Å². The van der Waals surface area contributed by atoms with Crippen molar-refractivity contribution >= 4 is 11.8 Å². The lowest BCUT2D eigenvalue weighted by Crippen LogP contribution is -2.42. The summed E-state index contributed by atoms with van der Waals surface area (Å²) in [7, 11) is 0. The van der Waals surface area contributed by atoms with Crippen LogP contribution in [-0.2, 0) is 5.75 Å². The Bertz CT molecular complexity index is 300. The van der Waals surface area contributed by atoms with Crippen LogP contribution < -0.4 is 5.73 Å². The fourth-order valence-corrected chi connectivity index (χ4v) is 2.38. The molecule has 0 spiro atoms. The fourth-order valence-electron chi connectivity index (χ4n) is 1.24. The number of furan rings is 1.